The molecule has 0 fully saturated rings. The summed E-state index contributed by atoms with van der Waals surface area (Å²) in [5, 5.41) is 5.59. The molecule has 4 nitrogen and oxygen atoms in total. The number of hydrogen-bond donors (Lipinski definition) is 2. The summed E-state index contributed by atoms with van der Waals surface area (Å²) in [6, 6.07) is 3.79. The fourth-order valence-electron chi connectivity index (χ4n) is 1.66. The van der Waals surface area contributed by atoms with Crippen molar-refractivity contribution in [3.63, 3.8) is 0 Å². The molecule has 0 aliphatic carbocycles. The first kappa shape index (κ1) is 13.5. The second-order valence-corrected chi connectivity index (χ2v) is 5.18. The van der Waals surface area contributed by atoms with Gasteiger partial charge in [-0.2, -0.15) is 0 Å². The highest BCUT2D eigenvalue weighted by molar-refractivity contribution is 7.09. The topological polar surface area (TPSA) is 68.0 Å². The van der Waals surface area contributed by atoms with E-state index in [1.165, 1.54) is 18.2 Å². The van der Waals surface area contributed by atoms with Crippen LogP contribution in [0, 0.1) is 5.82 Å². The van der Waals surface area contributed by atoms with Crippen LogP contribution in [0.25, 0.3) is 0 Å². The van der Waals surface area contributed by atoms with Crippen molar-refractivity contribution in [3.05, 3.63) is 46.2 Å². The van der Waals surface area contributed by atoms with Gasteiger partial charge in [0.15, 0.2) is 0 Å². The molecule has 0 spiro atoms. The molecule has 1 heterocycles. The van der Waals surface area contributed by atoms with Gasteiger partial charge in [0.2, 0.25) is 0 Å². The molecule has 1 aromatic heterocycles. The van der Waals surface area contributed by atoms with Crippen LogP contribution in [0.1, 0.15) is 28.2 Å². The molecular weight excluding hydrogens is 265 g/mol. The number of nitrogens with one attached hydrogen (secondary N) is 1. The van der Waals surface area contributed by atoms with Gasteiger partial charge >= 0.3 is 0 Å². The van der Waals surface area contributed by atoms with Crippen LogP contribution in [0.3, 0.4) is 0 Å². The Hall–Kier alpha value is -1.95. The molecule has 100 valence electrons. The van der Waals surface area contributed by atoms with Gasteiger partial charge in [0, 0.05) is 35.3 Å². The summed E-state index contributed by atoms with van der Waals surface area (Å²) in [7, 11) is 0. The van der Waals surface area contributed by atoms with Gasteiger partial charge in [0.1, 0.15) is 5.82 Å². The standard InChI is InChI=1S/C13H14FN3OS/c1-8(13-16-2-3-19-13)7-17-12(18)9-4-10(14)6-11(15)5-9/h2-6,8H,7,15H2,1H3,(H,17,18). The number of carbonyl (C=O) groups excluding carboxylic acids is 1. The number of halogens is 1. The Kier molecular flexibility index (Phi) is 4.11. The number of thiazole rings is 1. The first-order valence-electron chi connectivity index (χ1n) is 5.80. The van der Waals surface area contributed by atoms with E-state index in [0.717, 1.165) is 5.01 Å². The summed E-state index contributed by atoms with van der Waals surface area (Å²) >= 11 is 1.54. The van der Waals surface area contributed by atoms with Gasteiger partial charge in [-0.3, -0.25) is 4.79 Å². The third-order valence-electron chi connectivity index (χ3n) is 2.62. The lowest BCUT2D eigenvalue weighted by Gasteiger charge is -2.10. The highest BCUT2D eigenvalue weighted by Gasteiger charge is 2.12. The van der Waals surface area contributed by atoms with E-state index in [0.29, 0.717) is 6.54 Å². The molecule has 0 saturated carbocycles. The number of aromatic nitrogens is 1. The second-order valence-electron chi connectivity index (χ2n) is 4.25. The number of nitrogen functional groups attached to an aromatic ring is 1. The normalized spacial score (nSPS) is 12.1. The summed E-state index contributed by atoms with van der Waals surface area (Å²) in [5.74, 6) is -0.734. The van der Waals surface area contributed by atoms with Crippen molar-refractivity contribution in [2.24, 2.45) is 0 Å². The molecule has 1 atom stereocenters. The van der Waals surface area contributed by atoms with Gasteiger partial charge in [0.25, 0.3) is 5.91 Å². The lowest BCUT2D eigenvalue weighted by Crippen LogP contribution is -2.27. The molecule has 1 amide bonds. The van der Waals surface area contributed by atoms with Crippen LogP contribution < -0.4 is 11.1 Å². The average molecular weight is 279 g/mol. The Balaban J connectivity index is 1.98. The van der Waals surface area contributed by atoms with Gasteiger partial charge in [0.05, 0.1) is 5.01 Å². The van der Waals surface area contributed by atoms with Crippen molar-refractivity contribution in [3.8, 4) is 0 Å². The number of anilines is 1. The maximum Gasteiger partial charge on any atom is 0.251 e. The van der Waals surface area contributed by atoms with Crippen LogP contribution in [0.4, 0.5) is 10.1 Å². The van der Waals surface area contributed by atoms with E-state index in [4.69, 9.17) is 5.73 Å². The largest absolute Gasteiger partial charge is 0.399 e. The van der Waals surface area contributed by atoms with Gasteiger partial charge in [-0.05, 0) is 18.2 Å². The minimum atomic E-state index is -0.516. The highest BCUT2D eigenvalue weighted by atomic mass is 32.1. The van der Waals surface area contributed by atoms with E-state index in [-0.39, 0.29) is 23.1 Å². The van der Waals surface area contributed by atoms with Crippen molar-refractivity contribution >= 4 is 22.9 Å². The smallest absolute Gasteiger partial charge is 0.251 e. The van der Waals surface area contributed by atoms with Gasteiger partial charge in [-0.1, -0.05) is 6.92 Å². The molecule has 0 aliphatic heterocycles. The summed E-state index contributed by atoms with van der Waals surface area (Å²) in [4.78, 5) is 16.1. The molecule has 0 aliphatic rings. The third-order valence-corrected chi connectivity index (χ3v) is 3.63. The number of amides is 1. The van der Waals surface area contributed by atoms with E-state index in [1.54, 1.807) is 17.5 Å². The quantitative estimate of drug-likeness (QED) is 0.844. The van der Waals surface area contributed by atoms with Crippen molar-refractivity contribution in [2.45, 2.75) is 12.8 Å². The molecule has 6 heteroatoms. The maximum absolute atomic E-state index is 13.1. The number of hydrogen-bond acceptors (Lipinski definition) is 4. The molecular formula is C13H14FN3OS. The number of nitrogens with two attached hydrogens (primary N) is 1. The fourth-order valence-corrected chi connectivity index (χ4v) is 2.35. The Morgan fingerprint density at radius 2 is 2.32 bits per heavy atom. The zero-order chi connectivity index (χ0) is 13.8. The summed E-state index contributed by atoms with van der Waals surface area (Å²) in [5.41, 5.74) is 5.96. The zero-order valence-corrected chi connectivity index (χ0v) is 11.2. The lowest BCUT2D eigenvalue weighted by molar-refractivity contribution is 0.0951. The van der Waals surface area contributed by atoms with Crippen molar-refractivity contribution in [1.82, 2.24) is 10.3 Å². The van der Waals surface area contributed by atoms with E-state index < -0.39 is 5.82 Å². The number of benzene rings is 1. The number of nitrogens with zero attached hydrogens (tertiary/aromatic N) is 1. The van der Waals surface area contributed by atoms with Crippen LogP contribution in [-0.4, -0.2) is 17.4 Å². The fraction of sp³-hybridized carbons (Fsp3) is 0.231. The molecule has 0 bridgehead atoms. The van der Waals surface area contributed by atoms with Crippen molar-refractivity contribution < 1.29 is 9.18 Å². The van der Waals surface area contributed by atoms with Crippen molar-refractivity contribution in [1.29, 1.82) is 0 Å². The lowest BCUT2D eigenvalue weighted by atomic mass is 10.1. The molecule has 3 N–H and O–H groups in total. The van der Waals surface area contributed by atoms with Crippen LogP contribution in [-0.2, 0) is 0 Å². The summed E-state index contributed by atoms with van der Waals surface area (Å²) in [6.07, 6.45) is 1.73. The molecule has 2 rings (SSSR count). The van der Waals surface area contributed by atoms with Crippen LogP contribution in [0.5, 0.6) is 0 Å². The zero-order valence-electron chi connectivity index (χ0n) is 10.4. The summed E-state index contributed by atoms with van der Waals surface area (Å²) in [6.45, 7) is 2.42. The first-order chi connectivity index (χ1) is 9.06. The predicted molar refractivity (Wildman–Crippen MR) is 73.7 cm³/mol. The third kappa shape index (κ3) is 3.51. The molecule has 0 radical (unpaired) electrons. The van der Waals surface area contributed by atoms with Gasteiger partial charge in [-0.15, -0.1) is 11.3 Å². The van der Waals surface area contributed by atoms with Crippen LogP contribution >= 0.6 is 11.3 Å². The molecule has 1 unspecified atom stereocenters. The highest BCUT2D eigenvalue weighted by Crippen LogP contribution is 2.17. The van der Waals surface area contributed by atoms with Gasteiger partial charge < -0.3 is 11.1 Å². The molecule has 0 saturated heterocycles. The van der Waals surface area contributed by atoms with Crippen LogP contribution in [0.2, 0.25) is 0 Å². The minimum Gasteiger partial charge on any atom is -0.399 e. The minimum absolute atomic E-state index is 0.120. The monoisotopic (exact) mass is 279 g/mol. The van der Waals surface area contributed by atoms with E-state index >= 15 is 0 Å². The Morgan fingerprint density at radius 1 is 1.53 bits per heavy atom. The molecule has 2 aromatic rings. The maximum atomic E-state index is 13.1. The average Bonchev–Trinajstić information content (AvgIpc) is 2.88. The predicted octanol–water partition coefficient (Wildman–Crippen LogP) is 2.40. The number of rotatable bonds is 4. The molecule has 19 heavy (non-hydrogen) atoms. The van der Waals surface area contributed by atoms with E-state index in [2.05, 4.69) is 10.3 Å². The second kappa shape index (κ2) is 5.79. The van der Waals surface area contributed by atoms with E-state index in [1.807, 2.05) is 12.3 Å². The Morgan fingerprint density at radius 3 is 2.95 bits per heavy atom. The SMILES string of the molecule is CC(CNC(=O)c1cc(N)cc(F)c1)c1nccs1. The number of carbonyl (C=O) groups is 1. The Bertz CT molecular complexity index is 551. The summed E-state index contributed by atoms with van der Waals surface area (Å²) < 4.78 is 13.1. The van der Waals surface area contributed by atoms with Crippen LogP contribution in [0.15, 0.2) is 29.8 Å². The van der Waals surface area contributed by atoms with Crippen molar-refractivity contribution in [2.75, 3.05) is 12.3 Å². The first-order valence-corrected chi connectivity index (χ1v) is 6.68. The van der Waals surface area contributed by atoms with Gasteiger partial charge in [-0.25, -0.2) is 9.37 Å². The van der Waals surface area contributed by atoms with E-state index in [9.17, 15) is 9.18 Å². The Labute approximate surface area is 114 Å². The molecule has 1 aromatic carbocycles.